The van der Waals surface area contributed by atoms with Gasteiger partial charge in [-0.3, -0.25) is 0 Å². The summed E-state index contributed by atoms with van der Waals surface area (Å²) in [5, 5.41) is 9.94. The van der Waals surface area contributed by atoms with E-state index in [-0.39, 0.29) is 5.69 Å². The number of hydrogen-bond donors (Lipinski definition) is 1. The first kappa shape index (κ1) is 12.6. The van der Waals surface area contributed by atoms with Gasteiger partial charge in [0.15, 0.2) is 0 Å². The Morgan fingerprint density at radius 3 is 2.89 bits per heavy atom. The number of fused-ring (bicyclic) bond motifs is 1. The Bertz CT molecular complexity index is 598. The van der Waals surface area contributed by atoms with Gasteiger partial charge in [0.05, 0.1) is 17.1 Å². The van der Waals surface area contributed by atoms with Crippen LogP contribution in [0.2, 0.25) is 5.02 Å². The zero-order valence-corrected chi connectivity index (χ0v) is 10.6. The van der Waals surface area contributed by atoms with Gasteiger partial charge in [0, 0.05) is 5.39 Å². The second kappa shape index (κ2) is 5.23. The number of pyridine rings is 1. The Kier molecular flexibility index (Phi) is 3.67. The molecule has 0 unspecified atom stereocenters. The van der Waals surface area contributed by atoms with Gasteiger partial charge in [0.1, 0.15) is 11.4 Å². The van der Waals surface area contributed by atoms with Crippen molar-refractivity contribution in [3.05, 3.63) is 35.0 Å². The lowest BCUT2D eigenvalue weighted by Gasteiger charge is -2.07. The molecular formula is C13H12ClNO3. The molecule has 0 aliphatic heterocycles. The summed E-state index contributed by atoms with van der Waals surface area (Å²) in [4.78, 5) is 14.9. The molecule has 1 aromatic carbocycles. The quantitative estimate of drug-likeness (QED) is 0.921. The van der Waals surface area contributed by atoms with Crippen molar-refractivity contribution in [1.82, 2.24) is 4.98 Å². The summed E-state index contributed by atoms with van der Waals surface area (Å²) in [6.07, 6.45) is 0.919. The van der Waals surface area contributed by atoms with Crippen LogP contribution in [-0.4, -0.2) is 22.7 Å². The van der Waals surface area contributed by atoms with Crippen LogP contribution in [0.3, 0.4) is 0 Å². The third-order valence-electron chi connectivity index (χ3n) is 2.42. The number of aromatic nitrogens is 1. The van der Waals surface area contributed by atoms with E-state index in [0.717, 1.165) is 6.42 Å². The minimum atomic E-state index is -1.09. The first-order chi connectivity index (χ1) is 8.61. The average molecular weight is 266 g/mol. The minimum absolute atomic E-state index is 0.0604. The minimum Gasteiger partial charge on any atom is -0.494 e. The number of aromatic carboxylic acids is 1. The van der Waals surface area contributed by atoms with Gasteiger partial charge in [-0.2, -0.15) is 0 Å². The summed E-state index contributed by atoms with van der Waals surface area (Å²) in [6, 6.07) is 6.58. The highest BCUT2D eigenvalue weighted by Crippen LogP contribution is 2.27. The van der Waals surface area contributed by atoms with Gasteiger partial charge in [0.2, 0.25) is 0 Å². The molecule has 0 amide bonds. The molecule has 0 aliphatic carbocycles. The van der Waals surface area contributed by atoms with E-state index in [2.05, 4.69) is 4.98 Å². The van der Waals surface area contributed by atoms with Gasteiger partial charge in [-0.1, -0.05) is 18.5 Å². The van der Waals surface area contributed by atoms with Crippen LogP contribution in [0.1, 0.15) is 23.8 Å². The second-order valence-electron chi connectivity index (χ2n) is 3.82. The van der Waals surface area contributed by atoms with Crippen molar-refractivity contribution in [2.45, 2.75) is 13.3 Å². The number of halogens is 1. The largest absolute Gasteiger partial charge is 0.494 e. The fraction of sp³-hybridized carbons (Fsp3) is 0.231. The molecule has 1 aromatic heterocycles. The van der Waals surface area contributed by atoms with E-state index in [1.165, 1.54) is 6.07 Å². The molecule has 0 aliphatic rings. The first-order valence-electron chi connectivity index (χ1n) is 5.58. The van der Waals surface area contributed by atoms with Gasteiger partial charge < -0.3 is 9.84 Å². The number of carboxylic acids is 1. The maximum Gasteiger partial charge on any atom is 0.354 e. The lowest BCUT2D eigenvalue weighted by atomic mass is 10.2. The molecule has 18 heavy (non-hydrogen) atoms. The van der Waals surface area contributed by atoms with Crippen LogP contribution in [0, 0.1) is 0 Å². The lowest BCUT2D eigenvalue weighted by molar-refractivity contribution is 0.0691. The molecule has 1 heterocycles. The van der Waals surface area contributed by atoms with E-state index in [1.807, 2.05) is 6.92 Å². The third-order valence-corrected chi connectivity index (χ3v) is 2.73. The van der Waals surface area contributed by atoms with Crippen LogP contribution in [0.25, 0.3) is 10.9 Å². The van der Waals surface area contributed by atoms with Crippen molar-refractivity contribution in [3.8, 4) is 5.75 Å². The first-order valence-corrected chi connectivity index (χ1v) is 5.96. The third kappa shape index (κ3) is 2.54. The number of benzene rings is 1. The average Bonchev–Trinajstić information content (AvgIpc) is 2.36. The molecule has 94 valence electrons. The smallest absolute Gasteiger partial charge is 0.354 e. The van der Waals surface area contributed by atoms with E-state index in [1.54, 1.807) is 18.2 Å². The van der Waals surface area contributed by atoms with E-state index in [9.17, 15) is 4.79 Å². The number of hydrogen-bond acceptors (Lipinski definition) is 3. The fourth-order valence-electron chi connectivity index (χ4n) is 1.58. The van der Waals surface area contributed by atoms with Crippen molar-refractivity contribution >= 4 is 28.5 Å². The molecule has 4 nitrogen and oxygen atoms in total. The maximum atomic E-state index is 10.9. The Labute approximate surface area is 109 Å². The standard InChI is InChI=1S/C13H12ClNO3/c1-2-5-18-8-3-4-11-9(6-8)10(14)7-12(15-11)13(16)17/h3-4,6-7H,2,5H2,1H3,(H,16,17). The zero-order valence-electron chi connectivity index (χ0n) is 9.81. The molecule has 5 heteroatoms. The SMILES string of the molecule is CCCOc1ccc2nc(C(=O)O)cc(Cl)c2c1. The highest BCUT2D eigenvalue weighted by atomic mass is 35.5. The van der Waals surface area contributed by atoms with Crippen LogP contribution >= 0.6 is 11.6 Å². The number of ether oxygens (including phenoxy) is 1. The summed E-state index contributed by atoms with van der Waals surface area (Å²) < 4.78 is 5.49. The van der Waals surface area contributed by atoms with Crippen molar-refractivity contribution in [3.63, 3.8) is 0 Å². The molecular weight excluding hydrogens is 254 g/mol. The topological polar surface area (TPSA) is 59.4 Å². The number of rotatable bonds is 4. The lowest BCUT2D eigenvalue weighted by Crippen LogP contribution is -2.01. The van der Waals surface area contributed by atoms with Crippen molar-refractivity contribution in [2.75, 3.05) is 6.61 Å². The molecule has 0 radical (unpaired) electrons. The van der Waals surface area contributed by atoms with E-state index in [0.29, 0.717) is 28.3 Å². The number of carboxylic acid groups (broad SMARTS) is 1. The number of carbonyl (C=O) groups is 1. The molecule has 1 N–H and O–H groups in total. The highest BCUT2D eigenvalue weighted by Gasteiger charge is 2.10. The number of nitrogens with zero attached hydrogens (tertiary/aromatic N) is 1. The second-order valence-corrected chi connectivity index (χ2v) is 4.23. The maximum absolute atomic E-state index is 10.9. The van der Waals surface area contributed by atoms with Gasteiger partial charge in [-0.05, 0) is 30.7 Å². The summed E-state index contributed by atoms with van der Waals surface area (Å²) in [5.74, 6) is -0.388. The predicted octanol–water partition coefficient (Wildman–Crippen LogP) is 3.38. The molecule has 0 spiro atoms. The summed E-state index contributed by atoms with van der Waals surface area (Å²) >= 11 is 6.05. The molecule has 0 fully saturated rings. The Morgan fingerprint density at radius 2 is 2.22 bits per heavy atom. The van der Waals surface area contributed by atoms with Crippen LogP contribution in [0.15, 0.2) is 24.3 Å². The monoisotopic (exact) mass is 265 g/mol. The van der Waals surface area contributed by atoms with Crippen LogP contribution < -0.4 is 4.74 Å². The van der Waals surface area contributed by atoms with Gasteiger partial charge >= 0.3 is 5.97 Å². The van der Waals surface area contributed by atoms with E-state index >= 15 is 0 Å². The van der Waals surface area contributed by atoms with Crippen molar-refractivity contribution < 1.29 is 14.6 Å². The van der Waals surface area contributed by atoms with Crippen LogP contribution in [0.4, 0.5) is 0 Å². The summed E-state index contributed by atoms with van der Waals surface area (Å²) in [7, 11) is 0. The normalized spacial score (nSPS) is 10.6. The summed E-state index contributed by atoms with van der Waals surface area (Å²) in [6.45, 7) is 2.65. The van der Waals surface area contributed by atoms with Gasteiger partial charge in [0.25, 0.3) is 0 Å². The Balaban J connectivity index is 2.47. The van der Waals surface area contributed by atoms with Crippen molar-refractivity contribution in [2.24, 2.45) is 0 Å². The highest BCUT2D eigenvalue weighted by molar-refractivity contribution is 6.35. The Morgan fingerprint density at radius 1 is 1.44 bits per heavy atom. The molecule has 0 saturated carbocycles. The van der Waals surface area contributed by atoms with Crippen LogP contribution in [0.5, 0.6) is 5.75 Å². The van der Waals surface area contributed by atoms with E-state index in [4.69, 9.17) is 21.4 Å². The Hall–Kier alpha value is -1.81. The van der Waals surface area contributed by atoms with Gasteiger partial charge in [-0.15, -0.1) is 0 Å². The molecule has 2 aromatic rings. The fourth-order valence-corrected chi connectivity index (χ4v) is 1.84. The molecule has 2 rings (SSSR count). The van der Waals surface area contributed by atoms with E-state index < -0.39 is 5.97 Å². The molecule has 0 atom stereocenters. The predicted molar refractivity (Wildman–Crippen MR) is 69.5 cm³/mol. The molecule has 0 saturated heterocycles. The van der Waals surface area contributed by atoms with Gasteiger partial charge in [-0.25, -0.2) is 9.78 Å². The summed E-state index contributed by atoms with van der Waals surface area (Å²) in [5.41, 5.74) is 0.485. The molecule has 0 bridgehead atoms. The zero-order chi connectivity index (χ0) is 13.1. The van der Waals surface area contributed by atoms with Crippen molar-refractivity contribution in [1.29, 1.82) is 0 Å². The van der Waals surface area contributed by atoms with Crippen LogP contribution in [-0.2, 0) is 0 Å².